The maximum absolute atomic E-state index is 4.13. The number of nitrogens with zero attached hydrogens (tertiary/aromatic N) is 2. The van der Waals surface area contributed by atoms with Crippen LogP contribution in [-0.2, 0) is 6.54 Å². The minimum atomic E-state index is 0. The second kappa shape index (κ2) is 4.31. The van der Waals surface area contributed by atoms with Gasteiger partial charge in [0.05, 0.1) is 12.2 Å². The van der Waals surface area contributed by atoms with Gasteiger partial charge in [0.25, 0.3) is 0 Å². The standard InChI is InChI=1S/C7H6N2.2ClH/c1-2-6-4-8-5-7(6)9-3-1;;/h1-4H,5H2;2*1H. The molecule has 0 aliphatic carbocycles. The summed E-state index contributed by atoms with van der Waals surface area (Å²) in [5.74, 6) is 0. The molecule has 2 nitrogen and oxygen atoms in total. The van der Waals surface area contributed by atoms with Gasteiger partial charge >= 0.3 is 0 Å². The van der Waals surface area contributed by atoms with Crippen molar-refractivity contribution in [1.82, 2.24) is 4.98 Å². The zero-order valence-electron chi connectivity index (χ0n) is 5.73. The third-order valence-corrected chi connectivity index (χ3v) is 1.40. The Labute approximate surface area is 77.6 Å². The SMILES string of the molecule is C1=NCc2ncccc21.Cl.Cl. The van der Waals surface area contributed by atoms with Crippen LogP contribution in [0.3, 0.4) is 0 Å². The third kappa shape index (κ3) is 1.91. The van der Waals surface area contributed by atoms with Crippen molar-refractivity contribution in [2.45, 2.75) is 6.54 Å². The molecule has 0 amide bonds. The van der Waals surface area contributed by atoms with Crippen LogP contribution in [0.15, 0.2) is 23.3 Å². The van der Waals surface area contributed by atoms with E-state index in [1.807, 2.05) is 18.3 Å². The van der Waals surface area contributed by atoms with Crippen molar-refractivity contribution in [2.24, 2.45) is 4.99 Å². The van der Waals surface area contributed by atoms with Gasteiger partial charge in [-0.2, -0.15) is 0 Å². The van der Waals surface area contributed by atoms with Crippen molar-refractivity contribution in [3.63, 3.8) is 0 Å². The Balaban J connectivity index is 0.000000500. The molecule has 0 radical (unpaired) electrons. The van der Waals surface area contributed by atoms with Gasteiger partial charge in [0, 0.05) is 18.0 Å². The summed E-state index contributed by atoms with van der Waals surface area (Å²) in [5, 5.41) is 0. The summed E-state index contributed by atoms with van der Waals surface area (Å²) >= 11 is 0. The molecule has 0 bridgehead atoms. The van der Waals surface area contributed by atoms with Crippen molar-refractivity contribution < 1.29 is 0 Å². The third-order valence-electron chi connectivity index (χ3n) is 1.40. The van der Waals surface area contributed by atoms with Gasteiger partial charge in [-0.25, -0.2) is 0 Å². The second-order valence-corrected chi connectivity index (χ2v) is 2.01. The molecule has 0 unspecified atom stereocenters. The lowest BCUT2D eigenvalue weighted by atomic mass is 10.2. The maximum Gasteiger partial charge on any atom is 0.0818 e. The number of halogens is 2. The van der Waals surface area contributed by atoms with E-state index in [0.717, 1.165) is 17.8 Å². The summed E-state index contributed by atoms with van der Waals surface area (Å²) in [7, 11) is 0. The highest BCUT2D eigenvalue weighted by Crippen LogP contribution is 2.08. The van der Waals surface area contributed by atoms with E-state index in [1.54, 1.807) is 6.20 Å². The highest BCUT2D eigenvalue weighted by atomic mass is 35.5. The molecule has 0 saturated carbocycles. The second-order valence-electron chi connectivity index (χ2n) is 2.01. The summed E-state index contributed by atoms with van der Waals surface area (Å²) in [6.45, 7) is 0.760. The number of aromatic nitrogens is 1. The predicted octanol–water partition coefficient (Wildman–Crippen LogP) is 1.86. The fourth-order valence-electron chi connectivity index (χ4n) is 0.931. The lowest BCUT2D eigenvalue weighted by Gasteiger charge is -1.90. The summed E-state index contributed by atoms with van der Waals surface area (Å²) < 4.78 is 0. The van der Waals surface area contributed by atoms with Crippen LogP contribution >= 0.6 is 24.8 Å². The molecule has 0 fully saturated rings. The first kappa shape index (κ1) is 10.4. The molecule has 1 aromatic rings. The van der Waals surface area contributed by atoms with Crippen molar-refractivity contribution in [3.8, 4) is 0 Å². The fraction of sp³-hybridized carbons (Fsp3) is 0.143. The van der Waals surface area contributed by atoms with Crippen LogP contribution in [-0.4, -0.2) is 11.2 Å². The first-order valence-electron chi connectivity index (χ1n) is 2.90. The molecule has 2 rings (SSSR count). The fourth-order valence-corrected chi connectivity index (χ4v) is 0.931. The van der Waals surface area contributed by atoms with E-state index in [2.05, 4.69) is 9.98 Å². The molecular formula is C7H8Cl2N2. The van der Waals surface area contributed by atoms with Crippen molar-refractivity contribution in [2.75, 3.05) is 0 Å². The van der Waals surface area contributed by atoms with Gasteiger partial charge in [-0.05, 0) is 6.07 Å². The number of hydrogen-bond donors (Lipinski definition) is 0. The Morgan fingerprint density at radius 3 is 2.82 bits per heavy atom. The van der Waals surface area contributed by atoms with E-state index in [4.69, 9.17) is 0 Å². The van der Waals surface area contributed by atoms with Crippen LogP contribution in [0.4, 0.5) is 0 Å². The molecule has 2 heterocycles. The molecule has 0 aromatic carbocycles. The van der Waals surface area contributed by atoms with Crippen LogP contribution in [0, 0.1) is 0 Å². The molecule has 11 heavy (non-hydrogen) atoms. The van der Waals surface area contributed by atoms with Crippen molar-refractivity contribution >= 4 is 31.0 Å². The molecule has 0 saturated heterocycles. The van der Waals surface area contributed by atoms with E-state index in [1.165, 1.54) is 0 Å². The maximum atomic E-state index is 4.13. The van der Waals surface area contributed by atoms with Crippen LogP contribution in [0.1, 0.15) is 11.3 Å². The minimum Gasteiger partial charge on any atom is -0.286 e. The highest BCUT2D eigenvalue weighted by Gasteiger charge is 2.03. The molecule has 1 aliphatic heterocycles. The van der Waals surface area contributed by atoms with Crippen LogP contribution in [0.2, 0.25) is 0 Å². The minimum absolute atomic E-state index is 0. The largest absolute Gasteiger partial charge is 0.286 e. The van der Waals surface area contributed by atoms with Crippen molar-refractivity contribution in [3.05, 3.63) is 29.6 Å². The van der Waals surface area contributed by atoms with E-state index < -0.39 is 0 Å². The number of rotatable bonds is 0. The normalized spacial score (nSPS) is 11.3. The van der Waals surface area contributed by atoms with Gasteiger partial charge in [0.15, 0.2) is 0 Å². The summed E-state index contributed by atoms with van der Waals surface area (Å²) in [6.07, 6.45) is 3.66. The molecule has 4 heteroatoms. The van der Waals surface area contributed by atoms with Crippen LogP contribution in [0.25, 0.3) is 0 Å². The van der Waals surface area contributed by atoms with Gasteiger partial charge in [0.1, 0.15) is 0 Å². The van der Waals surface area contributed by atoms with E-state index >= 15 is 0 Å². The molecule has 0 spiro atoms. The zero-order valence-corrected chi connectivity index (χ0v) is 7.36. The number of aliphatic imine (C=N–C) groups is 1. The quantitative estimate of drug-likeness (QED) is 0.614. The number of pyridine rings is 1. The van der Waals surface area contributed by atoms with Gasteiger partial charge < -0.3 is 0 Å². The molecule has 1 aromatic heterocycles. The predicted molar refractivity (Wildman–Crippen MR) is 50.0 cm³/mol. The van der Waals surface area contributed by atoms with Gasteiger partial charge in [-0.1, -0.05) is 6.07 Å². The molecule has 1 aliphatic rings. The zero-order chi connectivity index (χ0) is 6.10. The highest BCUT2D eigenvalue weighted by molar-refractivity contribution is 5.85. The Hall–Kier alpha value is -0.600. The number of fused-ring (bicyclic) bond motifs is 1. The first-order chi connectivity index (χ1) is 4.47. The molecule has 60 valence electrons. The van der Waals surface area contributed by atoms with Crippen LogP contribution in [0.5, 0.6) is 0 Å². The summed E-state index contributed by atoms with van der Waals surface area (Å²) in [4.78, 5) is 8.20. The van der Waals surface area contributed by atoms with Gasteiger partial charge in [0.2, 0.25) is 0 Å². The smallest absolute Gasteiger partial charge is 0.0818 e. The topological polar surface area (TPSA) is 25.2 Å². The number of hydrogen-bond acceptors (Lipinski definition) is 2. The lowest BCUT2D eigenvalue weighted by Crippen LogP contribution is -1.85. The van der Waals surface area contributed by atoms with Gasteiger partial charge in [-0.3, -0.25) is 9.98 Å². The van der Waals surface area contributed by atoms with E-state index in [0.29, 0.717) is 0 Å². The Bertz CT molecular complexity index is 260. The van der Waals surface area contributed by atoms with Crippen molar-refractivity contribution in [1.29, 1.82) is 0 Å². The Morgan fingerprint density at radius 1 is 1.27 bits per heavy atom. The van der Waals surface area contributed by atoms with E-state index in [9.17, 15) is 0 Å². The van der Waals surface area contributed by atoms with Gasteiger partial charge in [-0.15, -0.1) is 24.8 Å². The van der Waals surface area contributed by atoms with E-state index in [-0.39, 0.29) is 24.8 Å². The average Bonchev–Trinajstić information content (AvgIpc) is 2.33. The lowest BCUT2D eigenvalue weighted by molar-refractivity contribution is 1.02. The average molecular weight is 191 g/mol. The summed E-state index contributed by atoms with van der Waals surface area (Å²) in [6, 6.07) is 3.95. The molecule has 0 atom stereocenters. The Morgan fingerprint density at radius 2 is 2.09 bits per heavy atom. The summed E-state index contributed by atoms with van der Waals surface area (Å²) in [5.41, 5.74) is 2.26. The monoisotopic (exact) mass is 190 g/mol. The Kier molecular flexibility index (Phi) is 4.08. The van der Waals surface area contributed by atoms with Crippen LogP contribution < -0.4 is 0 Å². The first-order valence-corrected chi connectivity index (χ1v) is 2.90. The molecule has 0 N–H and O–H groups in total. The molecular weight excluding hydrogens is 183 g/mol.